The summed E-state index contributed by atoms with van der Waals surface area (Å²) in [6, 6.07) is 0. The summed E-state index contributed by atoms with van der Waals surface area (Å²) in [5.74, 6) is 0.734. The van der Waals surface area contributed by atoms with E-state index in [9.17, 15) is 0 Å². The van der Waals surface area contributed by atoms with E-state index in [1.165, 1.54) is 6.42 Å². The molecular formula is C14H31NO. The number of nitrogens with one attached hydrogen (secondary N) is 1. The first-order valence-corrected chi connectivity index (χ1v) is 6.71. The van der Waals surface area contributed by atoms with Gasteiger partial charge >= 0.3 is 0 Å². The van der Waals surface area contributed by atoms with E-state index >= 15 is 0 Å². The van der Waals surface area contributed by atoms with Crippen molar-refractivity contribution >= 4 is 0 Å². The normalized spacial score (nSPS) is 14.4. The fraction of sp³-hybridized carbons (Fsp3) is 1.00. The Bertz CT molecular complexity index is 161. The van der Waals surface area contributed by atoms with Gasteiger partial charge in [0.15, 0.2) is 0 Å². The molecule has 1 N–H and O–H groups in total. The van der Waals surface area contributed by atoms with Gasteiger partial charge in [0.1, 0.15) is 0 Å². The Hall–Kier alpha value is -0.0800. The summed E-state index contributed by atoms with van der Waals surface area (Å²) in [5.41, 5.74) is 0.188. The van der Waals surface area contributed by atoms with Gasteiger partial charge in [-0.25, -0.2) is 0 Å². The summed E-state index contributed by atoms with van der Waals surface area (Å²) in [7, 11) is 0. The third kappa shape index (κ3) is 10.4. The first-order chi connectivity index (χ1) is 7.35. The lowest BCUT2D eigenvalue weighted by molar-refractivity contribution is 0.0369. The van der Waals surface area contributed by atoms with Crippen LogP contribution in [-0.2, 0) is 4.74 Å². The predicted molar refractivity (Wildman–Crippen MR) is 71.9 cm³/mol. The molecule has 0 fully saturated rings. The highest BCUT2D eigenvalue weighted by Crippen LogP contribution is 2.07. The summed E-state index contributed by atoms with van der Waals surface area (Å²) in [6.45, 7) is 15.2. The van der Waals surface area contributed by atoms with Crippen LogP contribution in [-0.4, -0.2) is 24.8 Å². The van der Waals surface area contributed by atoms with Crippen LogP contribution in [0.15, 0.2) is 0 Å². The highest BCUT2D eigenvalue weighted by Gasteiger charge is 2.14. The van der Waals surface area contributed by atoms with Crippen molar-refractivity contribution in [3.8, 4) is 0 Å². The maximum absolute atomic E-state index is 5.93. The second-order valence-electron chi connectivity index (χ2n) is 6.09. The van der Waals surface area contributed by atoms with E-state index in [1.807, 2.05) is 0 Å². The van der Waals surface area contributed by atoms with Crippen LogP contribution >= 0.6 is 0 Å². The van der Waals surface area contributed by atoms with Crippen molar-refractivity contribution in [3.63, 3.8) is 0 Å². The number of rotatable bonds is 8. The fourth-order valence-electron chi connectivity index (χ4n) is 1.46. The van der Waals surface area contributed by atoms with E-state index in [4.69, 9.17) is 4.74 Å². The van der Waals surface area contributed by atoms with Crippen molar-refractivity contribution < 1.29 is 4.74 Å². The van der Waals surface area contributed by atoms with Gasteiger partial charge in [-0.05, 0) is 39.5 Å². The number of ether oxygens (including phenoxy) is 1. The van der Waals surface area contributed by atoms with E-state index in [-0.39, 0.29) is 5.54 Å². The number of hydrogen-bond acceptors (Lipinski definition) is 2. The van der Waals surface area contributed by atoms with Crippen molar-refractivity contribution in [2.75, 3.05) is 13.2 Å². The molecule has 0 spiro atoms. The second kappa shape index (κ2) is 8.08. The van der Waals surface area contributed by atoms with Gasteiger partial charge in [0.25, 0.3) is 0 Å². The first-order valence-electron chi connectivity index (χ1n) is 6.71. The second-order valence-corrected chi connectivity index (χ2v) is 6.09. The molecular weight excluding hydrogens is 198 g/mol. The molecule has 2 nitrogen and oxygen atoms in total. The zero-order valence-electron chi connectivity index (χ0n) is 12.1. The Kier molecular flexibility index (Phi) is 8.04. The minimum Gasteiger partial charge on any atom is -0.377 e. The molecule has 2 heteroatoms. The van der Waals surface area contributed by atoms with Crippen LogP contribution in [0.2, 0.25) is 0 Å². The molecule has 0 aliphatic carbocycles. The summed E-state index contributed by atoms with van der Waals surface area (Å²) >= 11 is 0. The molecule has 0 saturated heterocycles. The highest BCUT2D eigenvalue weighted by atomic mass is 16.5. The lowest BCUT2D eigenvalue weighted by Gasteiger charge is -2.25. The molecule has 0 aliphatic rings. The first kappa shape index (κ1) is 15.9. The summed E-state index contributed by atoms with van der Waals surface area (Å²) in [6.07, 6.45) is 3.89. The average molecular weight is 229 g/mol. The zero-order valence-corrected chi connectivity index (χ0v) is 12.1. The van der Waals surface area contributed by atoms with Crippen molar-refractivity contribution in [1.82, 2.24) is 5.32 Å². The van der Waals surface area contributed by atoms with Crippen LogP contribution in [0.3, 0.4) is 0 Å². The van der Waals surface area contributed by atoms with Gasteiger partial charge < -0.3 is 10.1 Å². The molecule has 0 aromatic heterocycles. The molecule has 16 heavy (non-hydrogen) atoms. The molecule has 0 bridgehead atoms. The number of hydrogen-bond donors (Lipinski definition) is 1. The molecule has 0 aromatic rings. The van der Waals surface area contributed by atoms with E-state index in [1.54, 1.807) is 0 Å². The van der Waals surface area contributed by atoms with Gasteiger partial charge in [0.2, 0.25) is 0 Å². The molecule has 98 valence electrons. The van der Waals surface area contributed by atoms with Crippen molar-refractivity contribution in [2.24, 2.45) is 5.92 Å². The molecule has 0 heterocycles. The third-order valence-corrected chi connectivity index (χ3v) is 2.52. The monoisotopic (exact) mass is 229 g/mol. The fourth-order valence-corrected chi connectivity index (χ4v) is 1.46. The van der Waals surface area contributed by atoms with Crippen LogP contribution in [0, 0.1) is 5.92 Å². The van der Waals surface area contributed by atoms with Crippen LogP contribution in [0.1, 0.15) is 60.8 Å². The van der Waals surface area contributed by atoms with Crippen LogP contribution in [0.5, 0.6) is 0 Å². The lowest BCUT2D eigenvalue weighted by Crippen LogP contribution is -2.41. The van der Waals surface area contributed by atoms with Gasteiger partial charge in [0.05, 0.1) is 6.10 Å². The van der Waals surface area contributed by atoms with Crippen molar-refractivity contribution in [2.45, 2.75) is 72.4 Å². The van der Waals surface area contributed by atoms with Crippen LogP contribution in [0.25, 0.3) is 0 Å². The Balaban J connectivity index is 3.79. The minimum absolute atomic E-state index is 0.188. The maximum atomic E-state index is 5.93. The smallest absolute Gasteiger partial charge is 0.0699 e. The Labute approximate surface area is 102 Å². The highest BCUT2D eigenvalue weighted by molar-refractivity contribution is 4.73. The topological polar surface area (TPSA) is 21.3 Å². The van der Waals surface area contributed by atoms with Crippen LogP contribution in [0.4, 0.5) is 0 Å². The molecule has 1 unspecified atom stereocenters. The van der Waals surface area contributed by atoms with Crippen molar-refractivity contribution in [3.05, 3.63) is 0 Å². The van der Waals surface area contributed by atoms with E-state index in [2.05, 4.69) is 46.9 Å². The van der Waals surface area contributed by atoms with Crippen LogP contribution < -0.4 is 5.32 Å². The maximum Gasteiger partial charge on any atom is 0.0699 e. The Morgan fingerprint density at radius 1 is 1.12 bits per heavy atom. The molecule has 0 aliphatic heterocycles. The summed E-state index contributed by atoms with van der Waals surface area (Å²) in [4.78, 5) is 0. The Morgan fingerprint density at radius 2 is 1.75 bits per heavy atom. The van der Waals surface area contributed by atoms with Crippen molar-refractivity contribution in [1.29, 1.82) is 0 Å². The Morgan fingerprint density at radius 3 is 2.19 bits per heavy atom. The van der Waals surface area contributed by atoms with Gasteiger partial charge in [-0.2, -0.15) is 0 Å². The molecule has 0 saturated carbocycles. The van der Waals surface area contributed by atoms with Gasteiger partial charge in [-0.1, -0.05) is 27.2 Å². The van der Waals surface area contributed by atoms with E-state index in [0.29, 0.717) is 6.10 Å². The average Bonchev–Trinajstić information content (AvgIpc) is 2.12. The molecule has 0 amide bonds. The minimum atomic E-state index is 0.188. The van der Waals surface area contributed by atoms with E-state index < -0.39 is 0 Å². The summed E-state index contributed by atoms with van der Waals surface area (Å²) < 4.78 is 5.93. The molecule has 0 radical (unpaired) electrons. The molecule has 0 aromatic carbocycles. The SMILES string of the molecule is CCCC(CNC(C)(C)C)OCCC(C)C. The molecule has 1 atom stereocenters. The zero-order chi connectivity index (χ0) is 12.6. The quantitative estimate of drug-likeness (QED) is 0.686. The third-order valence-electron chi connectivity index (χ3n) is 2.52. The van der Waals surface area contributed by atoms with Gasteiger partial charge in [0, 0.05) is 18.7 Å². The summed E-state index contributed by atoms with van der Waals surface area (Å²) in [5, 5.41) is 3.52. The van der Waals surface area contributed by atoms with E-state index in [0.717, 1.165) is 31.9 Å². The largest absolute Gasteiger partial charge is 0.377 e. The van der Waals surface area contributed by atoms with Gasteiger partial charge in [-0.3, -0.25) is 0 Å². The van der Waals surface area contributed by atoms with Gasteiger partial charge in [-0.15, -0.1) is 0 Å². The predicted octanol–water partition coefficient (Wildman–Crippen LogP) is 3.61. The lowest BCUT2D eigenvalue weighted by atomic mass is 10.1. The standard InChI is InChI=1S/C14H31NO/c1-7-8-13(11-15-14(4,5)6)16-10-9-12(2)3/h12-13,15H,7-11H2,1-6H3. The molecule has 0 rings (SSSR count).